The summed E-state index contributed by atoms with van der Waals surface area (Å²) < 4.78 is 5.83. The Morgan fingerprint density at radius 1 is 1.14 bits per heavy atom. The van der Waals surface area contributed by atoms with E-state index in [-0.39, 0.29) is 0 Å². The van der Waals surface area contributed by atoms with E-state index in [1.165, 1.54) is 24.0 Å². The van der Waals surface area contributed by atoms with Crippen LogP contribution in [0.5, 0.6) is 5.75 Å². The molecule has 0 aliphatic heterocycles. The van der Waals surface area contributed by atoms with E-state index in [1.807, 2.05) is 0 Å². The second-order valence-corrected chi connectivity index (χ2v) is 6.32. The van der Waals surface area contributed by atoms with Gasteiger partial charge in [-0.1, -0.05) is 52.3 Å². The SMILES string of the molecule is CC/C=C\CC(CCC)c1ccc(OCC(C)C)cc1C. The fourth-order valence-corrected chi connectivity index (χ4v) is 2.63. The van der Waals surface area contributed by atoms with Gasteiger partial charge in [-0.25, -0.2) is 0 Å². The van der Waals surface area contributed by atoms with Crippen molar-refractivity contribution in [1.29, 1.82) is 0 Å². The molecule has 0 bridgehead atoms. The van der Waals surface area contributed by atoms with Crippen molar-refractivity contribution in [2.24, 2.45) is 5.92 Å². The molecule has 0 aromatic heterocycles. The van der Waals surface area contributed by atoms with Crippen LogP contribution in [0.3, 0.4) is 0 Å². The molecule has 1 heteroatoms. The lowest BCUT2D eigenvalue weighted by molar-refractivity contribution is 0.271. The van der Waals surface area contributed by atoms with Gasteiger partial charge in [0.2, 0.25) is 0 Å². The number of hydrogen-bond donors (Lipinski definition) is 0. The second kappa shape index (κ2) is 9.65. The summed E-state index contributed by atoms with van der Waals surface area (Å²) >= 11 is 0. The minimum absolute atomic E-state index is 0.567. The van der Waals surface area contributed by atoms with Gasteiger partial charge in [-0.3, -0.25) is 0 Å². The molecule has 118 valence electrons. The summed E-state index contributed by atoms with van der Waals surface area (Å²) in [6.07, 6.45) is 9.37. The maximum Gasteiger partial charge on any atom is 0.119 e. The van der Waals surface area contributed by atoms with Crippen molar-refractivity contribution in [3.05, 3.63) is 41.5 Å². The third-order valence-corrected chi connectivity index (χ3v) is 3.72. The van der Waals surface area contributed by atoms with Gasteiger partial charge in [-0.15, -0.1) is 0 Å². The van der Waals surface area contributed by atoms with E-state index in [9.17, 15) is 0 Å². The quantitative estimate of drug-likeness (QED) is 0.487. The van der Waals surface area contributed by atoms with E-state index in [0.717, 1.165) is 25.2 Å². The number of rotatable bonds is 9. The largest absolute Gasteiger partial charge is 0.493 e. The number of benzene rings is 1. The number of ether oxygens (including phenoxy) is 1. The zero-order valence-electron chi connectivity index (χ0n) is 14.5. The molecule has 1 rings (SSSR count). The molecule has 0 saturated carbocycles. The molecule has 0 aliphatic carbocycles. The molecule has 0 heterocycles. The minimum Gasteiger partial charge on any atom is -0.493 e. The van der Waals surface area contributed by atoms with Gasteiger partial charge in [0.25, 0.3) is 0 Å². The van der Waals surface area contributed by atoms with Crippen LogP contribution in [0.4, 0.5) is 0 Å². The summed E-state index contributed by atoms with van der Waals surface area (Å²) in [5.41, 5.74) is 2.84. The van der Waals surface area contributed by atoms with E-state index in [0.29, 0.717) is 11.8 Å². The van der Waals surface area contributed by atoms with Gasteiger partial charge < -0.3 is 4.74 Å². The van der Waals surface area contributed by atoms with Crippen molar-refractivity contribution in [2.75, 3.05) is 6.61 Å². The molecule has 21 heavy (non-hydrogen) atoms. The first-order valence-electron chi connectivity index (χ1n) is 8.46. The number of aryl methyl sites for hydroxylation is 1. The maximum absolute atomic E-state index is 5.83. The Kier molecular flexibility index (Phi) is 8.19. The van der Waals surface area contributed by atoms with Crippen LogP contribution in [0.15, 0.2) is 30.4 Å². The van der Waals surface area contributed by atoms with Crippen molar-refractivity contribution in [1.82, 2.24) is 0 Å². The average Bonchev–Trinajstić information content (AvgIpc) is 2.45. The summed E-state index contributed by atoms with van der Waals surface area (Å²) in [6.45, 7) is 11.8. The van der Waals surface area contributed by atoms with Crippen LogP contribution >= 0.6 is 0 Å². The van der Waals surface area contributed by atoms with Crippen molar-refractivity contribution in [3.63, 3.8) is 0 Å². The van der Waals surface area contributed by atoms with E-state index in [2.05, 4.69) is 65.0 Å². The standard InChI is InChI=1S/C20H32O/c1-6-8-9-11-18(10-7-2)20-13-12-19(14-17(20)5)21-15-16(3)4/h8-9,12-14,16,18H,6-7,10-11,15H2,1-5H3/b9-8-. The Morgan fingerprint density at radius 3 is 2.48 bits per heavy atom. The third kappa shape index (κ3) is 6.37. The molecular weight excluding hydrogens is 256 g/mol. The van der Waals surface area contributed by atoms with Crippen LogP contribution in [0.1, 0.15) is 70.4 Å². The lowest BCUT2D eigenvalue weighted by atomic mass is 9.88. The molecule has 1 aromatic carbocycles. The topological polar surface area (TPSA) is 9.23 Å². The Bertz CT molecular complexity index is 431. The lowest BCUT2D eigenvalue weighted by Crippen LogP contribution is -2.06. The number of allylic oxidation sites excluding steroid dienone is 2. The van der Waals surface area contributed by atoms with Gasteiger partial charge in [0, 0.05) is 0 Å². The summed E-state index contributed by atoms with van der Waals surface area (Å²) in [5.74, 6) is 2.21. The third-order valence-electron chi connectivity index (χ3n) is 3.72. The van der Waals surface area contributed by atoms with Crippen LogP contribution in [-0.4, -0.2) is 6.61 Å². The normalized spacial score (nSPS) is 13.0. The first-order valence-corrected chi connectivity index (χ1v) is 8.46. The highest BCUT2D eigenvalue weighted by Gasteiger charge is 2.12. The van der Waals surface area contributed by atoms with Gasteiger partial charge >= 0.3 is 0 Å². The predicted octanol–water partition coefficient (Wildman–Crippen LogP) is 6.27. The molecule has 0 radical (unpaired) electrons. The van der Waals surface area contributed by atoms with Gasteiger partial charge in [0.05, 0.1) is 6.61 Å². The van der Waals surface area contributed by atoms with Gasteiger partial charge in [0.1, 0.15) is 5.75 Å². The van der Waals surface area contributed by atoms with Crippen LogP contribution in [0.25, 0.3) is 0 Å². The van der Waals surface area contributed by atoms with Crippen LogP contribution in [-0.2, 0) is 0 Å². The molecule has 1 atom stereocenters. The Balaban J connectivity index is 2.81. The molecule has 0 amide bonds. The zero-order valence-corrected chi connectivity index (χ0v) is 14.5. The fourth-order valence-electron chi connectivity index (χ4n) is 2.63. The summed E-state index contributed by atoms with van der Waals surface area (Å²) in [6, 6.07) is 6.60. The molecular formula is C20H32O. The summed E-state index contributed by atoms with van der Waals surface area (Å²) in [5, 5.41) is 0. The molecule has 1 aromatic rings. The molecule has 0 saturated heterocycles. The van der Waals surface area contributed by atoms with Gasteiger partial charge in [-0.05, 0) is 61.3 Å². The Morgan fingerprint density at radius 2 is 1.90 bits per heavy atom. The molecule has 0 spiro atoms. The molecule has 0 N–H and O–H groups in total. The fraction of sp³-hybridized carbons (Fsp3) is 0.600. The Hall–Kier alpha value is -1.24. The van der Waals surface area contributed by atoms with Crippen molar-refractivity contribution in [2.45, 2.75) is 66.2 Å². The van der Waals surface area contributed by atoms with Crippen LogP contribution in [0, 0.1) is 12.8 Å². The van der Waals surface area contributed by atoms with E-state index in [4.69, 9.17) is 4.74 Å². The average molecular weight is 288 g/mol. The summed E-state index contributed by atoms with van der Waals surface area (Å²) in [7, 11) is 0. The highest BCUT2D eigenvalue weighted by molar-refractivity contribution is 5.37. The van der Waals surface area contributed by atoms with Gasteiger partial charge in [-0.2, -0.15) is 0 Å². The maximum atomic E-state index is 5.83. The molecule has 0 aliphatic rings. The predicted molar refractivity (Wildman–Crippen MR) is 93.2 cm³/mol. The van der Waals surface area contributed by atoms with Crippen LogP contribution < -0.4 is 4.74 Å². The first kappa shape index (κ1) is 17.8. The monoisotopic (exact) mass is 288 g/mol. The van der Waals surface area contributed by atoms with Crippen molar-refractivity contribution < 1.29 is 4.74 Å². The molecule has 1 unspecified atom stereocenters. The van der Waals surface area contributed by atoms with E-state index < -0.39 is 0 Å². The van der Waals surface area contributed by atoms with Crippen LogP contribution in [0.2, 0.25) is 0 Å². The number of hydrogen-bond acceptors (Lipinski definition) is 1. The summed E-state index contributed by atoms with van der Waals surface area (Å²) in [4.78, 5) is 0. The van der Waals surface area contributed by atoms with E-state index in [1.54, 1.807) is 0 Å². The zero-order chi connectivity index (χ0) is 15.7. The smallest absolute Gasteiger partial charge is 0.119 e. The molecule has 1 nitrogen and oxygen atoms in total. The second-order valence-electron chi connectivity index (χ2n) is 6.32. The van der Waals surface area contributed by atoms with E-state index >= 15 is 0 Å². The minimum atomic E-state index is 0.567. The Labute approximate surface area is 131 Å². The highest BCUT2D eigenvalue weighted by Crippen LogP contribution is 2.30. The first-order chi connectivity index (χ1) is 10.1. The lowest BCUT2D eigenvalue weighted by Gasteiger charge is -2.19. The van der Waals surface area contributed by atoms with Crippen molar-refractivity contribution in [3.8, 4) is 5.75 Å². The highest BCUT2D eigenvalue weighted by atomic mass is 16.5. The molecule has 0 fully saturated rings. The van der Waals surface area contributed by atoms with Crippen molar-refractivity contribution >= 4 is 0 Å². The van der Waals surface area contributed by atoms with Gasteiger partial charge in [0.15, 0.2) is 0 Å².